The molecule has 1 fully saturated rings. The van der Waals surface area contributed by atoms with E-state index < -0.39 is 10.8 Å². The van der Waals surface area contributed by atoms with Gasteiger partial charge in [-0.25, -0.2) is 0 Å². The summed E-state index contributed by atoms with van der Waals surface area (Å²) in [4.78, 5) is 11.9. The Bertz CT molecular complexity index is 530. The van der Waals surface area contributed by atoms with Crippen LogP contribution >= 0.6 is 0 Å². The lowest BCUT2D eigenvalue weighted by molar-refractivity contribution is -0.113. The average molecular weight is 312 g/mol. The number of carbonyl (C=O) groups is 1. The molecule has 1 atom stereocenters. The number of anilines is 2. The van der Waals surface area contributed by atoms with Gasteiger partial charge in [-0.2, -0.15) is 0 Å². The van der Waals surface area contributed by atoms with Crippen molar-refractivity contribution in [1.29, 1.82) is 0 Å². The molecule has 3 N–H and O–H groups in total. The fourth-order valence-corrected chi connectivity index (χ4v) is 3.44. The fraction of sp³-hybridized carbons (Fsp3) is 0.500. The Morgan fingerprint density at radius 2 is 2.19 bits per heavy atom. The van der Waals surface area contributed by atoms with Gasteiger partial charge in [0.15, 0.2) is 0 Å². The van der Waals surface area contributed by atoms with Crippen LogP contribution in [0, 0.1) is 0 Å². The highest BCUT2D eigenvalue weighted by molar-refractivity contribution is 7.86. The van der Waals surface area contributed by atoms with E-state index in [1.54, 1.807) is 25.3 Å². The summed E-state index contributed by atoms with van der Waals surface area (Å²) in [6.07, 6.45) is 1.48. The van der Waals surface area contributed by atoms with Crippen LogP contribution in [0.25, 0.3) is 0 Å². The second kappa shape index (κ2) is 7.42. The minimum atomic E-state index is -1.18. The van der Waals surface area contributed by atoms with Crippen molar-refractivity contribution in [2.24, 2.45) is 0 Å². The lowest BCUT2D eigenvalue weighted by atomic mass is 10.2. The maximum atomic E-state index is 12.1. The van der Waals surface area contributed by atoms with Gasteiger partial charge in [-0.15, -0.1) is 0 Å². The van der Waals surface area contributed by atoms with Gasteiger partial charge in [-0.3, -0.25) is 9.00 Å². The van der Waals surface area contributed by atoms with Crippen LogP contribution in [-0.4, -0.2) is 41.4 Å². The Morgan fingerprint density at radius 3 is 2.81 bits per heavy atom. The summed E-state index contributed by atoms with van der Waals surface area (Å²) in [5.74, 6) is 0.309. The molecule has 21 heavy (non-hydrogen) atoms. The van der Waals surface area contributed by atoms with Gasteiger partial charge in [0.25, 0.3) is 0 Å². The number of nitrogens with one attached hydrogen (secondary N) is 1. The van der Waals surface area contributed by atoms with E-state index in [0.29, 0.717) is 30.3 Å². The van der Waals surface area contributed by atoms with E-state index >= 15 is 0 Å². The Balaban J connectivity index is 1.90. The smallest absolute Gasteiger partial charge is 0.237 e. The van der Waals surface area contributed by atoms with E-state index in [0.717, 1.165) is 12.8 Å². The molecule has 0 saturated carbocycles. The van der Waals surface area contributed by atoms with E-state index in [1.165, 1.54) is 0 Å². The molecule has 0 aliphatic carbocycles. The quantitative estimate of drug-likeness (QED) is 0.796. The highest BCUT2D eigenvalue weighted by Crippen LogP contribution is 2.24. The van der Waals surface area contributed by atoms with Crippen molar-refractivity contribution in [3.8, 4) is 5.75 Å². The van der Waals surface area contributed by atoms with Crippen LogP contribution < -0.4 is 15.8 Å². The van der Waals surface area contributed by atoms with Gasteiger partial charge in [-0.1, -0.05) is 0 Å². The number of ether oxygens (including phenoxy) is 2. The predicted octanol–water partition coefficient (Wildman–Crippen LogP) is 1.14. The summed E-state index contributed by atoms with van der Waals surface area (Å²) in [6, 6.07) is 5.01. The molecule has 2 rings (SSSR count). The number of carbonyl (C=O) groups excluding carboxylic acids is 1. The fourth-order valence-electron chi connectivity index (χ4n) is 2.15. The average Bonchev–Trinajstić information content (AvgIpc) is 2.50. The van der Waals surface area contributed by atoms with Crippen molar-refractivity contribution >= 4 is 28.1 Å². The van der Waals surface area contributed by atoms with E-state index in [4.69, 9.17) is 15.2 Å². The predicted molar refractivity (Wildman–Crippen MR) is 82.9 cm³/mol. The van der Waals surface area contributed by atoms with Crippen LogP contribution in [0.5, 0.6) is 5.75 Å². The lowest BCUT2D eigenvalue weighted by Gasteiger charge is -2.21. The molecule has 1 aromatic rings. The van der Waals surface area contributed by atoms with Crippen molar-refractivity contribution in [2.45, 2.75) is 18.1 Å². The molecule has 1 heterocycles. The van der Waals surface area contributed by atoms with Crippen LogP contribution in [0.4, 0.5) is 11.4 Å². The van der Waals surface area contributed by atoms with Crippen LogP contribution in [0.1, 0.15) is 12.8 Å². The third-order valence-corrected chi connectivity index (χ3v) is 5.11. The summed E-state index contributed by atoms with van der Waals surface area (Å²) < 4.78 is 22.4. The van der Waals surface area contributed by atoms with E-state index in [2.05, 4.69) is 5.32 Å². The molecule has 1 aliphatic rings. The van der Waals surface area contributed by atoms with E-state index in [9.17, 15) is 9.00 Å². The highest BCUT2D eigenvalue weighted by Gasteiger charge is 2.22. The molecule has 1 aromatic carbocycles. The maximum Gasteiger partial charge on any atom is 0.237 e. The Kier molecular flexibility index (Phi) is 5.58. The van der Waals surface area contributed by atoms with Gasteiger partial charge in [0.05, 0.1) is 18.5 Å². The second-order valence-electron chi connectivity index (χ2n) is 4.84. The first-order valence-corrected chi connectivity index (χ1v) is 8.16. The van der Waals surface area contributed by atoms with Crippen LogP contribution in [0.15, 0.2) is 18.2 Å². The van der Waals surface area contributed by atoms with Crippen LogP contribution in [0.3, 0.4) is 0 Å². The third-order valence-electron chi connectivity index (χ3n) is 3.35. The molecule has 1 saturated heterocycles. The summed E-state index contributed by atoms with van der Waals surface area (Å²) >= 11 is 0. The molecule has 7 heteroatoms. The number of methoxy groups -OCH3 is 1. The molecule has 0 radical (unpaired) electrons. The Labute approximate surface area is 126 Å². The minimum absolute atomic E-state index is 0.0177. The van der Waals surface area contributed by atoms with Gasteiger partial charge in [0.1, 0.15) is 11.5 Å². The SMILES string of the molecule is COc1ccc(NC(=O)CS(=O)C2CCOCC2)c(N)c1. The first-order chi connectivity index (χ1) is 10.1. The molecule has 1 amide bonds. The molecular weight excluding hydrogens is 292 g/mol. The second-order valence-corrected chi connectivity index (χ2v) is 6.55. The van der Waals surface area contributed by atoms with Crippen molar-refractivity contribution in [3.05, 3.63) is 18.2 Å². The van der Waals surface area contributed by atoms with Crippen molar-refractivity contribution in [2.75, 3.05) is 37.1 Å². The van der Waals surface area contributed by atoms with E-state index in [-0.39, 0.29) is 16.9 Å². The standard InChI is InChI=1S/C14H20N2O4S/c1-19-10-2-3-13(12(15)8-10)16-14(17)9-21(18)11-4-6-20-7-5-11/h2-3,8,11H,4-7,9,15H2,1H3,(H,16,17). The number of hydrogen-bond donors (Lipinski definition) is 2. The maximum absolute atomic E-state index is 12.1. The Morgan fingerprint density at radius 1 is 1.48 bits per heavy atom. The molecule has 6 nitrogen and oxygen atoms in total. The zero-order valence-electron chi connectivity index (χ0n) is 12.0. The van der Waals surface area contributed by atoms with Crippen molar-refractivity contribution < 1.29 is 18.5 Å². The highest BCUT2D eigenvalue weighted by atomic mass is 32.2. The zero-order chi connectivity index (χ0) is 15.2. The molecule has 116 valence electrons. The van der Waals surface area contributed by atoms with Gasteiger partial charge >= 0.3 is 0 Å². The van der Waals surface area contributed by atoms with Crippen molar-refractivity contribution in [1.82, 2.24) is 0 Å². The number of benzene rings is 1. The molecule has 0 spiro atoms. The first kappa shape index (κ1) is 15.8. The number of rotatable bonds is 5. The normalized spacial score (nSPS) is 17.2. The van der Waals surface area contributed by atoms with Crippen molar-refractivity contribution in [3.63, 3.8) is 0 Å². The number of nitrogens with two attached hydrogens (primary N) is 1. The summed E-state index contributed by atoms with van der Waals surface area (Å²) in [5.41, 5.74) is 6.75. The largest absolute Gasteiger partial charge is 0.497 e. The third kappa shape index (κ3) is 4.44. The lowest BCUT2D eigenvalue weighted by Crippen LogP contribution is -2.30. The summed E-state index contributed by atoms with van der Waals surface area (Å²) in [5, 5.41) is 2.73. The molecule has 1 unspecified atom stereocenters. The van der Waals surface area contributed by atoms with Gasteiger partial charge in [0.2, 0.25) is 5.91 Å². The number of hydrogen-bond acceptors (Lipinski definition) is 5. The molecule has 0 bridgehead atoms. The van der Waals surface area contributed by atoms with Gasteiger partial charge in [0, 0.05) is 35.3 Å². The summed E-state index contributed by atoms with van der Waals surface area (Å²) in [6.45, 7) is 1.23. The summed E-state index contributed by atoms with van der Waals surface area (Å²) in [7, 11) is 0.365. The molecular formula is C14H20N2O4S. The molecule has 1 aliphatic heterocycles. The van der Waals surface area contributed by atoms with Gasteiger partial charge in [-0.05, 0) is 25.0 Å². The number of nitrogen functional groups attached to an aromatic ring is 1. The monoisotopic (exact) mass is 312 g/mol. The zero-order valence-corrected chi connectivity index (χ0v) is 12.8. The van der Waals surface area contributed by atoms with Crippen LogP contribution in [0.2, 0.25) is 0 Å². The Hall–Kier alpha value is -1.60. The number of amides is 1. The first-order valence-electron chi connectivity index (χ1n) is 6.78. The van der Waals surface area contributed by atoms with Crippen LogP contribution in [-0.2, 0) is 20.3 Å². The minimum Gasteiger partial charge on any atom is -0.497 e. The van der Waals surface area contributed by atoms with Gasteiger partial charge < -0.3 is 20.5 Å². The van der Waals surface area contributed by atoms with E-state index in [1.807, 2.05) is 0 Å². The topological polar surface area (TPSA) is 90.6 Å². The molecule has 0 aromatic heterocycles.